The van der Waals surface area contributed by atoms with E-state index in [0.717, 1.165) is 62.8 Å². The van der Waals surface area contributed by atoms with E-state index in [9.17, 15) is 5.53 Å². The number of nitrogens with zero attached hydrogens (tertiary/aromatic N) is 2. The summed E-state index contributed by atoms with van der Waals surface area (Å²) in [6, 6.07) is 10.1. The van der Waals surface area contributed by atoms with Crippen LogP contribution in [0.5, 0.6) is 0 Å². The Bertz CT molecular complexity index is 1820. The zero-order valence-electron chi connectivity index (χ0n) is 64.8. The van der Waals surface area contributed by atoms with Crippen molar-refractivity contribution < 1.29 is 25.1 Å². The standard InChI is InChI=1S/C52H84N2.2C19H39.Pd/c1-9-17-25-27-35-49-50(36-28-26-18-10-2)52(46-39-43(31-21-13-5)48(34-24-16-8)44(40-46)32-22-14-6)54(53)51(49)45-37-41(29-19-11-3)47(33-23-15-7)42(38-45)30-20-12-4;2*1-3-5-7-9-11-13-15-17-19-18-16-14-12-10-8-6-4-2;/h37-40H,9-36H2,1-8H3;2*1,3-19H2,2H3;/q;2*-1;+2. The first-order valence-electron chi connectivity index (χ1n) is 42.1. The van der Waals surface area contributed by atoms with E-state index < -0.39 is 0 Å². The van der Waals surface area contributed by atoms with Crippen molar-refractivity contribution in [2.45, 2.75) is 467 Å². The van der Waals surface area contributed by atoms with Crippen molar-refractivity contribution in [1.82, 2.24) is 0 Å². The van der Waals surface area contributed by atoms with Gasteiger partial charge in [0.2, 0.25) is 11.4 Å². The molecule has 0 fully saturated rings. The summed E-state index contributed by atoms with van der Waals surface area (Å²) in [6.45, 7) is 31.0. The van der Waals surface area contributed by atoms with Gasteiger partial charge in [0, 0.05) is 22.3 Å². The van der Waals surface area contributed by atoms with Crippen LogP contribution in [-0.4, -0.2) is 4.70 Å². The molecule has 0 saturated carbocycles. The number of aryl methyl sites for hydroxylation is 4. The van der Waals surface area contributed by atoms with Crippen molar-refractivity contribution in [2.24, 2.45) is 0 Å². The van der Waals surface area contributed by atoms with Crippen molar-refractivity contribution in [1.29, 1.82) is 0 Å². The molecule has 0 unspecified atom stereocenters. The maximum atomic E-state index is 12.9. The van der Waals surface area contributed by atoms with Gasteiger partial charge < -0.3 is 19.4 Å². The quantitative estimate of drug-likeness (QED) is 0.0273. The van der Waals surface area contributed by atoms with E-state index in [1.165, 1.54) is 369 Å². The zero-order valence-corrected chi connectivity index (χ0v) is 66.3. The Balaban J connectivity index is 0.00000177. The van der Waals surface area contributed by atoms with Crippen LogP contribution >= 0.6 is 0 Å². The van der Waals surface area contributed by atoms with Gasteiger partial charge in [0.25, 0.3) is 0 Å². The molecule has 3 rings (SSSR count). The van der Waals surface area contributed by atoms with Crippen LogP contribution in [-0.2, 0) is 58.9 Å². The molecule has 1 aliphatic heterocycles. The number of unbranched alkanes of at least 4 members (excludes halogenated alkanes) is 44. The third-order valence-electron chi connectivity index (χ3n) is 20.3. The molecule has 1 heterocycles. The van der Waals surface area contributed by atoms with Crippen LogP contribution < -0.4 is 0 Å². The molecule has 2 aromatic rings. The van der Waals surface area contributed by atoms with Gasteiger partial charge in [-0.3, -0.25) is 0 Å². The summed E-state index contributed by atoms with van der Waals surface area (Å²) in [5.41, 5.74) is 29.9. The molecule has 2 aromatic carbocycles. The van der Waals surface area contributed by atoms with Gasteiger partial charge in [-0.2, -0.15) is 12.8 Å². The molecule has 0 aromatic heterocycles. The smallest absolute Gasteiger partial charge is 0.493 e. The molecule has 542 valence electrons. The van der Waals surface area contributed by atoms with E-state index in [1.807, 2.05) is 0 Å². The zero-order chi connectivity index (χ0) is 67.2. The molecule has 0 bridgehead atoms. The van der Waals surface area contributed by atoms with Gasteiger partial charge in [-0.15, -0.1) is 0 Å². The van der Waals surface area contributed by atoms with Gasteiger partial charge in [-0.1, -0.05) is 352 Å². The fourth-order valence-corrected chi connectivity index (χ4v) is 14.3. The maximum absolute atomic E-state index is 12.9. The summed E-state index contributed by atoms with van der Waals surface area (Å²) >= 11 is 0. The molecule has 3 heteroatoms. The van der Waals surface area contributed by atoms with Crippen molar-refractivity contribution in [3.8, 4) is 0 Å². The number of hydrogen-bond acceptors (Lipinski definition) is 0. The second-order valence-electron chi connectivity index (χ2n) is 29.1. The van der Waals surface area contributed by atoms with Crippen molar-refractivity contribution in [2.75, 3.05) is 0 Å². The number of hydrogen-bond donors (Lipinski definition) is 0. The summed E-state index contributed by atoms with van der Waals surface area (Å²) in [4.78, 5) is 0. The summed E-state index contributed by atoms with van der Waals surface area (Å²) in [7, 11) is 0. The van der Waals surface area contributed by atoms with Crippen LogP contribution in [0.25, 0.3) is 16.9 Å². The fourth-order valence-electron chi connectivity index (χ4n) is 14.3. The van der Waals surface area contributed by atoms with Crippen molar-refractivity contribution in [3.63, 3.8) is 0 Å². The fraction of sp³-hybridized carbons (Fsp3) is 0.800. The van der Waals surface area contributed by atoms with E-state index in [4.69, 9.17) is 0 Å². The molecule has 0 amide bonds. The number of benzene rings is 2. The molecular weight excluding hydrogens is 1220 g/mol. The molecule has 1 aliphatic rings. The summed E-state index contributed by atoms with van der Waals surface area (Å²) in [5, 5.41) is 0. The van der Waals surface area contributed by atoms with Gasteiger partial charge in [0.15, 0.2) is 0 Å². The number of rotatable bonds is 62. The van der Waals surface area contributed by atoms with E-state index >= 15 is 0 Å². The normalized spacial score (nSPS) is 12.2. The van der Waals surface area contributed by atoms with E-state index in [2.05, 4.69) is 107 Å². The van der Waals surface area contributed by atoms with E-state index in [1.54, 1.807) is 38.1 Å². The molecule has 2 nitrogen and oxygen atoms in total. The Labute approximate surface area is 599 Å². The van der Waals surface area contributed by atoms with Gasteiger partial charge in [-0.25, -0.2) is 4.70 Å². The predicted octanol–water partition coefficient (Wildman–Crippen LogP) is 31.8. The van der Waals surface area contributed by atoms with Gasteiger partial charge >= 0.3 is 20.4 Å². The molecule has 0 radical (unpaired) electrons. The second kappa shape index (κ2) is 67.4. The summed E-state index contributed by atoms with van der Waals surface area (Å²) in [6.07, 6.45) is 82.2. The third kappa shape index (κ3) is 44.0. The minimum absolute atomic E-state index is 0. The third-order valence-corrected chi connectivity index (χ3v) is 20.3. The largest absolute Gasteiger partial charge is 2.00 e. The van der Waals surface area contributed by atoms with Crippen LogP contribution in [0.4, 0.5) is 0 Å². The van der Waals surface area contributed by atoms with Crippen LogP contribution in [0.1, 0.15) is 473 Å². The minimum Gasteiger partial charge on any atom is -0.493 e. The first kappa shape index (κ1) is 91.2. The Morgan fingerprint density at radius 2 is 0.419 bits per heavy atom. The van der Waals surface area contributed by atoms with Crippen molar-refractivity contribution >= 4 is 11.4 Å². The molecule has 93 heavy (non-hydrogen) atoms. The van der Waals surface area contributed by atoms with E-state index in [-0.39, 0.29) is 20.4 Å². The average Bonchev–Trinajstić information content (AvgIpc) is 1.62. The van der Waals surface area contributed by atoms with Crippen LogP contribution in [0.15, 0.2) is 35.4 Å². The van der Waals surface area contributed by atoms with Crippen LogP contribution in [0, 0.1) is 13.8 Å². The maximum Gasteiger partial charge on any atom is 2.00 e. The van der Waals surface area contributed by atoms with Gasteiger partial charge in [0.1, 0.15) is 0 Å². The molecule has 0 N–H and O–H groups in total. The molecule has 0 atom stereocenters. The Morgan fingerprint density at radius 1 is 0.237 bits per heavy atom. The van der Waals surface area contributed by atoms with Gasteiger partial charge in [-0.05, 0) is 160 Å². The van der Waals surface area contributed by atoms with Crippen LogP contribution in [0.2, 0.25) is 0 Å². The molecular formula is C90H162N2Pd. The minimum atomic E-state index is 0. The first-order valence-corrected chi connectivity index (χ1v) is 42.1. The molecule has 0 aliphatic carbocycles. The van der Waals surface area contributed by atoms with Gasteiger partial charge in [0.05, 0.1) is 0 Å². The topological polar surface area (TPSA) is 25.3 Å². The average molecular weight is 1380 g/mol. The molecule has 0 spiro atoms. The summed E-state index contributed by atoms with van der Waals surface area (Å²) < 4.78 is 1.73. The Hall–Kier alpha value is -1.82. The van der Waals surface area contributed by atoms with Crippen LogP contribution in [0.3, 0.4) is 0 Å². The first-order chi connectivity index (χ1) is 45.3. The Kier molecular flexibility index (Phi) is 66.1. The Morgan fingerprint density at radius 3 is 0.624 bits per heavy atom. The van der Waals surface area contributed by atoms with Crippen molar-refractivity contribution in [3.05, 3.63) is 99.3 Å². The predicted molar refractivity (Wildman–Crippen MR) is 419 cm³/mol. The number of allylic oxidation sites excluding steroid dienone is 2. The molecule has 0 saturated heterocycles. The summed E-state index contributed by atoms with van der Waals surface area (Å²) in [5.74, 6) is 0. The second-order valence-corrected chi connectivity index (χ2v) is 29.1. The monoisotopic (exact) mass is 1380 g/mol. The SMILES string of the molecule is CCCCCCC1=C(c2cc(CCCC)c(CCCC)c(CCCC)c2)[N+](=[N-])C(c2cc(CCCC)c(CCCC)c(CCCC)c2)=C1CCCCCC.[CH2-]CCCCCCCCCCCCCCCCCC.[CH2-]CCCCCCCCCCCCCCCCCC.[Pd+2]. The van der Waals surface area contributed by atoms with E-state index in [0.29, 0.717) is 0 Å².